The van der Waals surface area contributed by atoms with E-state index in [9.17, 15) is 4.79 Å². The number of rotatable bonds is 5. The number of benzene rings is 1. The SMILES string of the molecule is COC(C)(C)CC(=O)Nc1nc2ccc(C#N)cc2n1C1CCC1. The molecule has 126 valence electrons. The van der Waals surface area contributed by atoms with Gasteiger partial charge in [-0.15, -0.1) is 0 Å². The molecule has 0 atom stereocenters. The van der Waals surface area contributed by atoms with Crippen LogP contribution in [0.5, 0.6) is 0 Å². The van der Waals surface area contributed by atoms with Crippen LogP contribution in [0.25, 0.3) is 11.0 Å². The number of anilines is 1. The van der Waals surface area contributed by atoms with Gasteiger partial charge in [-0.05, 0) is 51.3 Å². The van der Waals surface area contributed by atoms with E-state index in [1.54, 1.807) is 13.2 Å². The first-order valence-corrected chi connectivity index (χ1v) is 8.20. The average Bonchev–Trinajstić information content (AvgIpc) is 2.82. The summed E-state index contributed by atoms with van der Waals surface area (Å²) in [6, 6.07) is 7.92. The summed E-state index contributed by atoms with van der Waals surface area (Å²) in [5.41, 5.74) is 1.77. The Bertz CT molecular complexity index is 812. The number of ether oxygens (including phenoxy) is 1. The van der Waals surface area contributed by atoms with Gasteiger partial charge < -0.3 is 9.30 Å². The number of hydrogen-bond donors (Lipinski definition) is 1. The summed E-state index contributed by atoms with van der Waals surface area (Å²) in [6.07, 6.45) is 3.55. The van der Waals surface area contributed by atoms with Crippen LogP contribution in [0.4, 0.5) is 5.95 Å². The fourth-order valence-electron chi connectivity index (χ4n) is 2.89. The van der Waals surface area contributed by atoms with Crippen LogP contribution in [0.15, 0.2) is 18.2 Å². The van der Waals surface area contributed by atoms with Gasteiger partial charge in [0.05, 0.1) is 34.7 Å². The van der Waals surface area contributed by atoms with Crippen LogP contribution in [0.3, 0.4) is 0 Å². The fourth-order valence-corrected chi connectivity index (χ4v) is 2.89. The number of carbonyl (C=O) groups is 1. The topological polar surface area (TPSA) is 79.9 Å². The van der Waals surface area contributed by atoms with E-state index < -0.39 is 5.60 Å². The van der Waals surface area contributed by atoms with Gasteiger partial charge in [0, 0.05) is 13.2 Å². The molecule has 0 radical (unpaired) electrons. The molecule has 1 aliphatic carbocycles. The summed E-state index contributed by atoms with van der Waals surface area (Å²) in [7, 11) is 1.60. The lowest BCUT2D eigenvalue weighted by atomic mass is 9.92. The second kappa shape index (κ2) is 6.25. The molecule has 1 aromatic heterocycles. The Labute approximate surface area is 141 Å². The summed E-state index contributed by atoms with van der Waals surface area (Å²) in [4.78, 5) is 16.9. The van der Waals surface area contributed by atoms with Gasteiger partial charge in [-0.3, -0.25) is 10.1 Å². The van der Waals surface area contributed by atoms with E-state index in [2.05, 4.69) is 20.9 Å². The molecule has 1 aromatic carbocycles. The Morgan fingerprint density at radius 2 is 2.25 bits per heavy atom. The van der Waals surface area contributed by atoms with E-state index in [4.69, 9.17) is 10.00 Å². The zero-order chi connectivity index (χ0) is 17.3. The Balaban J connectivity index is 1.95. The zero-order valence-corrected chi connectivity index (χ0v) is 14.3. The predicted molar refractivity (Wildman–Crippen MR) is 91.7 cm³/mol. The van der Waals surface area contributed by atoms with Gasteiger partial charge in [0.15, 0.2) is 0 Å². The summed E-state index contributed by atoms with van der Waals surface area (Å²) in [5, 5.41) is 12.1. The number of methoxy groups -OCH3 is 1. The number of imidazole rings is 1. The first-order valence-electron chi connectivity index (χ1n) is 8.20. The third kappa shape index (κ3) is 3.13. The molecular formula is C18H22N4O2. The zero-order valence-electron chi connectivity index (χ0n) is 14.3. The lowest BCUT2D eigenvalue weighted by molar-refractivity contribution is -0.121. The van der Waals surface area contributed by atoms with Crippen molar-refractivity contribution in [2.45, 2.75) is 51.2 Å². The number of hydrogen-bond acceptors (Lipinski definition) is 4. The van der Waals surface area contributed by atoms with Gasteiger partial charge in [0.2, 0.25) is 11.9 Å². The lowest BCUT2D eigenvalue weighted by Crippen LogP contribution is -2.30. The van der Waals surface area contributed by atoms with Crippen molar-refractivity contribution in [3.05, 3.63) is 23.8 Å². The highest BCUT2D eigenvalue weighted by atomic mass is 16.5. The maximum absolute atomic E-state index is 12.4. The minimum atomic E-state index is -0.522. The van der Waals surface area contributed by atoms with Crippen LogP contribution < -0.4 is 5.32 Å². The standard InChI is InChI=1S/C18H22N4O2/c1-18(2,24-3)10-16(23)21-17-20-14-8-7-12(11-19)9-15(14)22(17)13-5-4-6-13/h7-9,13H,4-6,10H2,1-3H3,(H,20,21,23). The number of amides is 1. The fraction of sp³-hybridized carbons (Fsp3) is 0.500. The Kier molecular flexibility index (Phi) is 4.29. The van der Waals surface area contributed by atoms with Crippen LogP contribution in [0, 0.1) is 11.3 Å². The van der Waals surface area contributed by atoms with Gasteiger partial charge >= 0.3 is 0 Å². The molecule has 1 N–H and O–H groups in total. The van der Waals surface area contributed by atoms with Gasteiger partial charge in [-0.2, -0.15) is 5.26 Å². The third-order valence-corrected chi connectivity index (χ3v) is 4.65. The summed E-state index contributed by atoms with van der Waals surface area (Å²) < 4.78 is 7.39. The smallest absolute Gasteiger partial charge is 0.229 e. The molecule has 6 heteroatoms. The van der Waals surface area contributed by atoms with Crippen molar-refractivity contribution >= 4 is 22.9 Å². The van der Waals surface area contributed by atoms with Crippen LogP contribution in [0.2, 0.25) is 0 Å². The van der Waals surface area contributed by atoms with Crippen molar-refractivity contribution < 1.29 is 9.53 Å². The van der Waals surface area contributed by atoms with Crippen molar-refractivity contribution in [1.29, 1.82) is 5.26 Å². The number of aromatic nitrogens is 2. The largest absolute Gasteiger partial charge is 0.378 e. The van der Waals surface area contributed by atoms with Crippen molar-refractivity contribution in [3.63, 3.8) is 0 Å². The average molecular weight is 326 g/mol. The molecule has 2 aromatic rings. The lowest BCUT2D eigenvalue weighted by Gasteiger charge is -2.29. The van der Waals surface area contributed by atoms with Crippen molar-refractivity contribution in [2.24, 2.45) is 0 Å². The molecule has 0 unspecified atom stereocenters. The molecule has 1 fully saturated rings. The van der Waals surface area contributed by atoms with E-state index >= 15 is 0 Å². The predicted octanol–water partition coefficient (Wildman–Crippen LogP) is 3.39. The molecule has 24 heavy (non-hydrogen) atoms. The number of nitrogens with one attached hydrogen (secondary N) is 1. The van der Waals surface area contributed by atoms with Crippen molar-refractivity contribution in [3.8, 4) is 6.07 Å². The highest BCUT2D eigenvalue weighted by molar-refractivity contribution is 5.92. The molecule has 3 rings (SSSR count). The van der Waals surface area contributed by atoms with Gasteiger partial charge in [-0.25, -0.2) is 4.98 Å². The number of carbonyl (C=O) groups excluding carboxylic acids is 1. The quantitative estimate of drug-likeness (QED) is 0.913. The maximum Gasteiger partial charge on any atom is 0.229 e. The van der Waals surface area contributed by atoms with Crippen LogP contribution in [0.1, 0.15) is 51.1 Å². The van der Waals surface area contributed by atoms with Crippen molar-refractivity contribution in [2.75, 3.05) is 12.4 Å². The highest BCUT2D eigenvalue weighted by Gasteiger charge is 2.27. The summed E-state index contributed by atoms with van der Waals surface area (Å²) in [6.45, 7) is 3.75. The molecule has 1 aliphatic rings. The number of nitriles is 1. The van der Waals surface area contributed by atoms with E-state index in [1.165, 1.54) is 6.42 Å². The van der Waals surface area contributed by atoms with E-state index in [1.807, 2.05) is 26.0 Å². The molecule has 1 saturated carbocycles. The molecule has 0 saturated heterocycles. The molecule has 1 heterocycles. The molecule has 0 spiro atoms. The third-order valence-electron chi connectivity index (χ3n) is 4.65. The summed E-state index contributed by atoms with van der Waals surface area (Å²) in [5.74, 6) is 0.430. The van der Waals surface area contributed by atoms with Crippen LogP contribution in [-0.2, 0) is 9.53 Å². The first kappa shape index (κ1) is 16.5. The number of fused-ring (bicyclic) bond motifs is 1. The van der Waals surface area contributed by atoms with Crippen molar-refractivity contribution in [1.82, 2.24) is 9.55 Å². The Morgan fingerprint density at radius 1 is 1.50 bits per heavy atom. The molecule has 0 aliphatic heterocycles. The highest BCUT2D eigenvalue weighted by Crippen LogP contribution is 2.37. The minimum absolute atomic E-state index is 0.127. The minimum Gasteiger partial charge on any atom is -0.378 e. The van der Waals surface area contributed by atoms with E-state index in [0.29, 0.717) is 17.6 Å². The van der Waals surface area contributed by atoms with Gasteiger partial charge in [0.1, 0.15) is 0 Å². The Morgan fingerprint density at radius 3 is 2.83 bits per heavy atom. The van der Waals surface area contributed by atoms with Crippen LogP contribution >= 0.6 is 0 Å². The summed E-state index contributed by atoms with van der Waals surface area (Å²) >= 11 is 0. The molecular weight excluding hydrogens is 304 g/mol. The normalized spacial score (nSPS) is 15.1. The monoisotopic (exact) mass is 326 g/mol. The van der Waals surface area contributed by atoms with Crippen LogP contribution in [-0.4, -0.2) is 28.2 Å². The second-order valence-corrected chi connectivity index (χ2v) is 6.89. The van der Waals surface area contributed by atoms with E-state index in [0.717, 1.165) is 23.9 Å². The Hall–Kier alpha value is -2.39. The molecule has 0 bridgehead atoms. The van der Waals surface area contributed by atoms with E-state index in [-0.39, 0.29) is 12.3 Å². The van der Waals surface area contributed by atoms with Gasteiger partial charge in [-0.1, -0.05) is 0 Å². The number of nitrogens with zero attached hydrogens (tertiary/aromatic N) is 3. The maximum atomic E-state index is 12.4. The molecule has 1 amide bonds. The molecule has 6 nitrogen and oxygen atoms in total. The second-order valence-electron chi connectivity index (χ2n) is 6.89. The first-order chi connectivity index (χ1) is 11.4. The van der Waals surface area contributed by atoms with Gasteiger partial charge in [0.25, 0.3) is 0 Å².